The first-order valence-electron chi connectivity index (χ1n) is 12.0. The Hall–Kier alpha value is -1.97. The van der Waals surface area contributed by atoms with Crippen molar-refractivity contribution >= 4 is 21.8 Å². The van der Waals surface area contributed by atoms with Gasteiger partial charge in [0.15, 0.2) is 0 Å². The molecule has 1 aliphatic carbocycles. The van der Waals surface area contributed by atoms with Crippen LogP contribution in [0.5, 0.6) is 0 Å². The summed E-state index contributed by atoms with van der Waals surface area (Å²) in [7, 11) is 0. The van der Waals surface area contributed by atoms with Crippen LogP contribution >= 0.6 is 15.9 Å². The molecule has 9 heteroatoms. The van der Waals surface area contributed by atoms with Crippen molar-refractivity contribution < 1.29 is 22.7 Å². The molecule has 1 saturated heterocycles. The van der Waals surface area contributed by atoms with Crippen LogP contribution in [0.1, 0.15) is 55.8 Å². The van der Waals surface area contributed by atoms with Gasteiger partial charge >= 0.3 is 6.18 Å². The number of benzene rings is 1. The highest BCUT2D eigenvalue weighted by atomic mass is 79.9. The Labute approximate surface area is 212 Å². The summed E-state index contributed by atoms with van der Waals surface area (Å²) in [4.78, 5) is 19.6. The molecule has 2 aromatic rings. The summed E-state index contributed by atoms with van der Waals surface area (Å²) in [5.41, 5.74) is -0.152. The molecule has 0 radical (unpaired) electrons. The van der Waals surface area contributed by atoms with Crippen molar-refractivity contribution in [2.75, 3.05) is 26.3 Å². The Bertz CT molecular complexity index is 1010. The molecule has 35 heavy (non-hydrogen) atoms. The van der Waals surface area contributed by atoms with Crippen molar-refractivity contribution in [3.05, 3.63) is 63.9 Å². The van der Waals surface area contributed by atoms with Crippen LogP contribution in [0.2, 0.25) is 0 Å². The van der Waals surface area contributed by atoms with E-state index >= 15 is 0 Å². The molecule has 0 bridgehead atoms. The van der Waals surface area contributed by atoms with Gasteiger partial charge in [-0.25, -0.2) is 0 Å². The number of carbonyl (C=O) groups is 1. The van der Waals surface area contributed by atoms with E-state index in [1.807, 2.05) is 12.1 Å². The Kier molecular flexibility index (Phi) is 7.88. The van der Waals surface area contributed by atoms with Crippen molar-refractivity contribution in [1.29, 1.82) is 0 Å². The quantitative estimate of drug-likeness (QED) is 0.531. The lowest BCUT2D eigenvalue weighted by Gasteiger charge is -2.43. The number of aromatic nitrogens is 1. The normalized spacial score (nSPS) is 24.2. The van der Waals surface area contributed by atoms with Crippen molar-refractivity contribution in [2.24, 2.45) is 5.92 Å². The Balaban J connectivity index is 1.52. The monoisotopic (exact) mass is 553 g/mol. The van der Waals surface area contributed by atoms with Gasteiger partial charge in [0.25, 0.3) is 0 Å². The van der Waals surface area contributed by atoms with Gasteiger partial charge in [-0.1, -0.05) is 34.1 Å². The number of hydrogen-bond acceptors (Lipinski definition) is 4. The van der Waals surface area contributed by atoms with Crippen LogP contribution in [-0.4, -0.2) is 48.1 Å². The average molecular weight is 554 g/mol. The molecule has 2 aliphatic rings. The minimum Gasteiger partial charge on any atom is -0.379 e. The van der Waals surface area contributed by atoms with E-state index in [1.54, 1.807) is 13.8 Å². The highest BCUT2D eigenvalue weighted by molar-refractivity contribution is 9.10. The molecule has 190 valence electrons. The zero-order chi connectivity index (χ0) is 25.2. The van der Waals surface area contributed by atoms with Gasteiger partial charge in [0.05, 0.1) is 18.8 Å². The summed E-state index contributed by atoms with van der Waals surface area (Å²) >= 11 is 3.49. The molecular formula is C26H31BrF3N3O2. The maximum absolute atomic E-state index is 13.6. The molecule has 2 fully saturated rings. The van der Waals surface area contributed by atoms with Gasteiger partial charge in [-0.3, -0.25) is 14.7 Å². The topological polar surface area (TPSA) is 54.5 Å². The summed E-state index contributed by atoms with van der Waals surface area (Å²) in [6, 6.07) is 10.9. The van der Waals surface area contributed by atoms with Gasteiger partial charge in [-0.15, -0.1) is 0 Å². The average Bonchev–Trinajstić information content (AvgIpc) is 2.84. The van der Waals surface area contributed by atoms with Crippen LogP contribution in [0, 0.1) is 5.92 Å². The standard InChI is InChI=1S/C26H31BrF3N3O2/c1-25(2,18-5-10-23(31-16-18)26(28,29)30)32-24(34)21-9-8-20(33-11-13-35-14-12-33)15-22(21)17-3-6-19(27)7-4-17/h3-7,10,16,20-22H,8-9,11-15H2,1-2H3,(H,32,34)/t20-,21-,22+/m1/s1. The van der Waals surface area contributed by atoms with Gasteiger partial charge in [0.1, 0.15) is 5.69 Å². The fraction of sp³-hybridized carbons (Fsp3) is 0.538. The third-order valence-corrected chi connectivity index (χ3v) is 7.76. The molecule has 0 unspecified atom stereocenters. The zero-order valence-electron chi connectivity index (χ0n) is 19.9. The number of halogens is 4. The lowest BCUT2D eigenvalue weighted by molar-refractivity contribution is -0.141. The highest BCUT2D eigenvalue weighted by Gasteiger charge is 2.40. The van der Waals surface area contributed by atoms with Crippen molar-refractivity contribution in [3.8, 4) is 0 Å². The number of hydrogen-bond donors (Lipinski definition) is 1. The summed E-state index contributed by atoms with van der Waals surface area (Å²) in [6.45, 7) is 6.87. The predicted molar refractivity (Wildman–Crippen MR) is 131 cm³/mol. The third-order valence-electron chi connectivity index (χ3n) is 7.23. The SMILES string of the molecule is CC(C)(NC(=O)[C@@H]1CC[C@@H](N2CCOCC2)C[C@H]1c1ccc(Br)cc1)c1ccc(C(F)(F)F)nc1. The number of morpholine rings is 1. The number of nitrogens with one attached hydrogen (secondary N) is 1. The molecule has 0 spiro atoms. The number of rotatable bonds is 5. The molecular weight excluding hydrogens is 523 g/mol. The first-order chi connectivity index (χ1) is 16.5. The number of amides is 1. The minimum atomic E-state index is -4.50. The first-order valence-corrected chi connectivity index (χ1v) is 12.8. The van der Waals surface area contributed by atoms with Crippen LogP contribution in [-0.2, 0) is 21.2 Å². The van der Waals surface area contributed by atoms with Crippen molar-refractivity contribution in [1.82, 2.24) is 15.2 Å². The van der Waals surface area contributed by atoms with E-state index in [0.717, 1.165) is 61.7 Å². The zero-order valence-corrected chi connectivity index (χ0v) is 21.5. The van der Waals surface area contributed by atoms with E-state index in [1.165, 1.54) is 12.3 Å². The van der Waals surface area contributed by atoms with E-state index < -0.39 is 17.4 Å². The molecule has 1 aliphatic heterocycles. The van der Waals surface area contributed by atoms with Crippen molar-refractivity contribution in [2.45, 2.75) is 56.8 Å². The molecule has 2 heterocycles. The minimum absolute atomic E-state index is 0.0474. The van der Waals surface area contributed by atoms with Crippen LogP contribution in [0.3, 0.4) is 0 Å². The van der Waals surface area contributed by atoms with Crippen LogP contribution in [0.4, 0.5) is 13.2 Å². The Morgan fingerprint density at radius 3 is 2.37 bits per heavy atom. The summed E-state index contributed by atoms with van der Waals surface area (Å²) in [6.07, 6.45) is -0.751. The van der Waals surface area contributed by atoms with E-state index in [2.05, 4.69) is 43.3 Å². The lowest BCUT2D eigenvalue weighted by atomic mass is 9.72. The van der Waals surface area contributed by atoms with E-state index in [4.69, 9.17) is 4.74 Å². The first kappa shape index (κ1) is 26.1. The largest absolute Gasteiger partial charge is 0.433 e. The van der Waals surface area contributed by atoms with Gasteiger partial charge in [0.2, 0.25) is 5.91 Å². The molecule has 1 amide bonds. The van der Waals surface area contributed by atoms with Crippen LogP contribution in [0.25, 0.3) is 0 Å². The fourth-order valence-electron chi connectivity index (χ4n) is 5.22. The highest BCUT2D eigenvalue weighted by Crippen LogP contribution is 2.41. The summed E-state index contributed by atoms with van der Waals surface area (Å²) in [5, 5.41) is 3.10. The van der Waals surface area contributed by atoms with Crippen LogP contribution < -0.4 is 5.32 Å². The Morgan fingerprint density at radius 2 is 1.77 bits per heavy atom. The molecule has 3 atom stereocenters. The van der Waals surface area contributed by atoms with E-state index in [0.29, 0.717) is 11.6 Å². The fourth-order valence-corrected chi connectivity index (χ4v) is 5.48. The molecule has 1 saturated carbocycles. The predicted octanol–water partition coefficient (Wildman–Crippen LogP) is 5.50. The van der Waals surface area contributed by atoms with Gasteiger partial charge in [-0.2, -0.15) is 13.2 Å². The molecule has 5 nitrogen and oxygen atoms in total. The van der Waals surface area contributed by atoms with Gasteiger partial charge in [0, 0.05) is 35.7 Å². The summed E-state index contributed by atoms with van der Waals surface area (Å²) in [5.74, 6) is -0.260. The second-order valence-electron chi connectivity index (χ2n) is 9.92. The number of alkyl halides is 3. The number of carbonyl (C=O) groups excluding carboxylic acids is 1. The molecule has 1 N–H and O–H groups in total. The third kappa shape index (κ3) is 6.24. The van der Waals surface area contributed by atoms with Gasteiger partial charge < -0.3 is 10.1 Å². The second kappa shape index (κ2) is 10.6. The maximum Gasteiger partial charge on any atom is 0.433 e. The maximum atomic E-state index is 13.6. The summed E-state index contributed by atoms with van der Waals surface area (Å²) < 4.78 is 45.3. The van der Waals surface area contributed by atoms with Crippen molar-refractivity contribution in [3.63, 3.8) is 0 Å². The second-order valence-corrected chi connectivity index (χ2v) is 10.8. The van der Waals surface area contributed by atoms with Gasteiger partial charge in [-0.05, 0) is 68.4 Å². The van der Waals surface area contributed by atoms with E-state index in [9.17, 15) is 18.0 Å². The smallest absolute Gasteiger partial charge is 0.379 e. The number of nitrogens with zero attached hydrogens (tertiary/aromatic N) is 2. The van der Waals surface area contributed by atoms with E-state index in [-0.39, 0.29) is 17.7 Å². The van der Waals surface area contributed by atoms with Crippen LogP contribution in [0.15, 0.2) is 47.1 Å². The molecule has 1 aromatic heterocycles. The Morgan fingerprint density at radius 1 is 1.09 bits per heavy atom. The number of ether oxygens (including phenoxy) is 1. The lowest BCUT2D eigenvalue weighted by Crippen LogP contribution is -2.50. The molecule has 4 rings (SSSR count). The molecule has 1 aromatic carbocycles. The number of pyridine rings is 1.